The lowest BCUT2D eigenvalue weighted by atomic mass is 9.93. The molecule has 0 saturated carbocycles. The van der Waals surface area contributed by atoms with Crippen molar-refractivity contribution in [3.05, 3.63) is 29.3 Å². The number of likely N-dealkylation sites (tertiary alicyclic amines) is 1. The normalized spacial score (nSPS) is 24.7. The van der Waals surface area contributed by atoms with E-state index in [0.717, 1.165) is 24.9 Å². The van der Waals surface area contributed by atoms with Gasteiger partial charge >= 0.3 is 0 Å². The van der Waals surface area contributed by atoms with E-state index in [1.54, 1.807) is 0 Å². The monoisotopic (exact) mass is 358 g/mol. The number of carbonyl (C=O) groups excluding carboxylic acids is 2. The van der Waals surface area contributed by atoms with Gasteiger partial charge in [0.05, 0.1) is 0 Å². The third-order valence-corrected chi connectivity index (χ3v) is 5.60. The minimum atomic E-state index is -0.206. The molecule has 4 N–H and O–H groups in total. The Morgan fingerprint density at radius 2 is 2.19 bits per heavy atom. The number of piperidine rings is 1. The van der Waals surface area contributed by atoms with Crippen molar-refractivity contribution in [3.63, 3.8) is 0 Å². The van der Waals surface area contributed by atoms with Crippen LogP contribution in [0.4, 0.5) is 5.69 Å². The largest absolute Gasteiger partial charge is 0.373 e. The molecule has 142 valence electrons. The van der Waals surface area contributed by atoms with Gasteiger partial charge in [-0.3, -0.25) is 9.59 Å². The Bertz CT molecular complexity index is 676. The van der Waals surface area contributed by atoms with Crippen LogP contribution in [-0.2, 0) is 16.0 Å². The predicted octanol–water partition coefficient (Wildman–Crippen LogP) is 1.42. The van der Waals surface area contributed by atoms with E-state index in [9.17, 15) is 9.59 Å². The highest BCUT2D eigenvalue weighted by molar-refractivity contribution is 5.88. The van der Waals surface area contributed by atoms with E-state index < -0.39 is 0 Å². The summed E-state index contributed by atoms with van der Waals surface area (Å²) >= 11 is 0. The number of rotatable bonds is 5. The van der Waals surface area contributed by atoms with Crippen LogP contribution in [0, 0.1) is 12.8 Å². The smallest absolute Gasteiger partial charge is 0.243 e. The molecule has 1 aromatic carbocycles. The van der Waals surface area contributed by atoms with Crippen molar-refractivity contribution in [3.8, 4) is 0 Å². The molecule has 0 bridgehead atoms. The highest BCUT2D eigenvalue weighted by atomic mass is 16.2. The zero-order chi connectivity index (χ0) is 18.7. The Hall–Kier alpha value is -2.08. The van der Waals surface area contributed by atoms with Gasteiger partial charge in [-0.05, 0) is 43.4 Å². The lowest BCUT2D eigenvalue weighted by Gasteiger charge is -2.37. The lowest BCUT2D eigenvalue weighted by molar-refractivity contribution is -0.133. The molecule has 6 nitrogen and oxygen atoms in total. The zero-order valence-corrected chi connectivity index (χ0v) is 15.8. The summed E-state index contributed by atoms with van der Waals surface area (Å²) in [6.45, 7) is 6.12. The zero-order valence-electron chi connectivity index (χ0n) is 15.8. The molecule has 3 atom stereocenters. The van der Waals surface area contributed by atoms with Crippen LogP contribution in [0.1, 0.15) is 37.3 Å². The third kappa shape index (κ3) is 4.01. The maximum Gasteiger partial charge on any atom is 0.243 e. The quantitative estimate of drug-likeness (QED) is 0.743. The maximum atomic E-state index is 12.7. The van der Waals surface area contributed by atoms with Crippen LogP contribution in [0.5, 0.6) is 0 Å². The number of para-hydroxylation sites is 1. The number of anilines is 1. The van der Waals surface area contributed by atoms with Crippen molar-refractivity contribution in [2.45, 2.75) is 51.6 Å². The summed E-state index contributed by atoms with van der Waals surface area (Å²) in [7, 11) is 0. The Morgan fingerprint density at radius 1 is 1.38 bits per heavy atom. The van der Waals surface area contributed by atoms with Gasteiger partial charge in [0.15, 0.2) is 0 Å². The standard InChI is InChI=1S/C20H30N4O2/c1-13-5-3-6-15-11-17(22-19(13)15)20(26)23-16-8-10-24(12-14(16)2)18(25)7-4-9-21/h3,5-6,14,16-17,22H,4,7-12,21H2,1-2H3,(H,23,26)/t14-,16-,17?/m0/s1. The summed E-state index contributed by atoms with van der Waals surface area (Å²) in [4.78, 5) is 26.8. The third-order valence-electron chi connectivity index (χ3n) is 5.60. The minimum absolute atomic E-state index is 0.0559. The van der Waals surface area contributed by atoms with Crippen LogP contribution in [0.2, 0.25) is 0 Å². The van der Waals surface area contributed by atoms with E-state index in [-0.39, 0.29) is 29.8 Å². The molecule has 2 aliphatic heterocycles. The summed E-state index contributed by atoms with van der Waals surface area (Å²) in [5.41, 5.74) is 8.97. The van der Waals surface area contributed by atoms with Crippen LogP contribution in [0.3, 0.4) is 0 Å². The Labute approximate surface area is 155 Å². The molecule has 6 heteroatoms. The molecule has 0 spiro atoms. The Kier molecular flexibility index (Phi) is 5.81. The van der Waals surface area contributed by atoms with Crippen LogP contribution < -0.4 is 16.4 Å². The summed E-state index contributed by atoms with van der Waals surface area (Å²) < 4.78 is 0. The topological polar surface area (TPSA) is 87.5 Å². The van der Waals surface area contributed by atoms with Crippen LogP contribution >= 0.6 is 0 Å². The van der Waals surface area contributed by atoms with Gasteiger partial charge in [0, 0.05) is 37.7 Å². The summed E-state index contributed by atoms with van der Waals surface area (Å²) in [6.07, 6.45) is 2.79. The first-order valence-electron chi connectivity index (χ1n) is 9.63. The van der Waals surface area contributed by atoms with Gasteiger partial charge in [0.25, 0.3) is 0 Å². The highest BCUT2D eigenvalue weighted by Gasteiger charge is 2.33. The number of nitrogens with one attached hydrogen (secondary N) is 2. The second-order valence-corrected chi connectivity index (χ2v) is 7.62. The molecule has 2 amide bonds. The fourth-order valence-corrected chi connectivity index (χ4v) is 3.99. The van der Waals surface area contributed by atoms with E-state index in [1.807, 2.05) is 11.0 Å². The fraction of sp³-hybridized carbons (Fsp3) is 0.600. The highest BCUT2D eigenvalue weighted by Crippen LogP contribution is 2.29. The molecular formula is C20H30N4O2. The Morgan fingerprint density at radius 3 is 2.88 bits per heavy atom. The first-order chi connectivity index (χ1) is 12.5. The molecule has 0 aliphatic carbocycles. The van der Waals surface area contributed by atoms with Gasteiger partial charge in [-0.1, -0.05) is 25.1 Å². The van der Waals surface area contributed by atoms with Gasteiger partial charge in [-0.25, -0.2) is 0 Å². The molecule has 2 aliphatic rings. The molecule has 1 aromatic rings. The van der Waals surface area contributed by atoms with E-state index in [1.165, 1.54) is 11.1 Å². The van der Waals surface area contributed by atoms with E-state index in [0.29, 0.717) is 26.1 Å². The minimum Gasteiger partial charge on any atom is -0.373 e. The molecule has 2 heterocycles. The Balaban J connectivity index is 1.52. The van der Waals surface area contributed by atoms with Crippen molar-refractivity contribution in [1.82, 2.24) is 10.2 Å². The van der Waals surface area contributed by atoms with Gasteiger partial charge in [0.2, 0.25) is 11.8 Å². The van der Waals surface area contributed by atoms with E-state index in [4.69, 9.17) is 5.73 Å². The fourth-order valence-electron chi connectivity index (χ4n) is 3.99. The number of nitrogens with zero attached hydrogens (tertiary/aromatic N) is 1. The molecule has 26 heavy (non-hydrogen) atoms. The summed E-state index contributed by atoms with van der Waals surface area (Å²) in [5, 5.41) is 6.58. The first kappa shape index (κ1) is 18.7. The number of benzene rings is 1. The van der Waals surface area contributed by atoms with Crippen molar-refractivity contribution in [1.29, 1.82) is 0 Å². The molecule has 1 saturated heterocycles. The number of carbonyl (C=O) groups is 2. The van der Waals surface area contributed by atoms with Gasteiger partial charge in [-0.15, -0.1) is 0 Å². The molecule has 3 rings (SSSR count). The van der Waals surface area contributed by atoms with Crippen molar-refractivity contribution >= 4 is 17.5 Å². The molecule has 0 radical (unpaired) electrons. The van der Waals surface area contributed by atoms with Crippen LogP contribution in [0.15, 0.2) is 18.2 Å². The molecule has 0 aromatic heterocycles. The van der Waals surface area contributed by atoms with Gasteiger partial charge < -0.3 is 21.3 Å². The SMILES string of the molecule is Cc1cccc2c1NC(C(=O)N[C@H]1CCN(C(=O)CCCN)C[C@@H]1C)C2. The number of aryl methyl sites for hydroxylation is 1. The van der Waals surface area contributed by atoms with Gasteiger partial charge in [-0.2, -0.15) is 0 Å². The predicted molar refractivity (Wildman–Crippen MR) is 103 cm³/mol. The summed E-state index contributed by atoms with van der Waals surface area (Å²) in [5.74, 6) is 0.482. The second-order valence-electron chi connectivity index (χ2n) is 7.62. The number of hydrogen-bond acceptors (Lipinski definition) is 4. The van der Waals surface area contributed by atoms with Crippen molar-refractivity contribution in [2.24, 2.45) is 11.7 Å². The molecule has 1 fully saturated rings. The number of hydrogen-bond donors (Lipinski definition) is 3. The van der Waals surface area contributed by atoms with E-state index in [2.05, 4.69) is 36.6 Å². The summed E-state index contributed by atoms with van der Waals surface area (Å²) in [6, 6.07) is 6.09. The van der Waals surface area contributed by atoms with E-state index >= 15 is 0 Å². The lowest BCUT2D eigenvalue weighted by Crippen LogP contribution is -2.53. The average molecular weight is 358 g/mol. The maximum absolute atomic E-state index is 12.7. The van der Waals surface area contributed by atoms with Crippen LogP contribution in [0.25, 0.3) is 0 Å². The number of amides is 2. The average Bonchev–Trinajstić information content (AvgIpc) is 3.07. The molecule has 1 unspecified atom stereocenters. The first-order valence-corrected chi connectivity index (χ1v) is 9.63. The van der Waals surface area contributed by atoms with Crippen molar-refractivity contribution in [2.75, 3.05) is 25.0 Å². The molecular weight excluding hydrogens is 328 g/mol. The van der Waals surface area contributed by atoms with Crippen LogP contribution in [-0.4, -0.2) is 48.4 Å². The number of nitrogens with two attached hydrogens (primary N) is 1. The van der Waals surface area contributed by atoms with Gasteiger partial charge in [0.1, 0.15) is 6.04 Å². The number of fused-ring (bicyclic) bond motifs is 1. The second kappa shape index (κ2) is 8.08. The van der Waals surface area contributed by atoms with Crippen molar-refractivity contribution < 1.29 is 9.59 Å².